The van der Waals surface area contributed by atoms with Gasteiger partial charge in [0.25, 0.3) is 11.4 Å². The molecule has 0 radical (unpaired) electrons. The fourth-order valence-corrected chi connectivity index (χ4v) is 3.65. The van der Waals surface area contributed by atoms with Crippen molar-refractivity contribution in [1.82, 2.24) is 0 Å². The van der Waals surface area contributed by atoms with E-state index in [4.69, 9.17) is 27.9 Å². The number of rotatable bonds is 0. The summed E-state index contributed by atoms with van der Waals surface area (Å²) >= 11 is 11.6. The molecule has 11 heteroatoms. The van der Waals surface area contributed by atoms with Crippen LogP contribution in [0.2, 0.25) is 10.0 Å². The van der Waals surface area contributed by atoms with E-state index in [1.165, 1.54) is 12.1 Å². The molecule has 2 heterocycles. The Kier molecular flexibility index (Phi) is 3.68. The van der Waals surface area contributed by atoms with E-state index in [2.05, 4.69) is 10.6 Å². The van der Waals surface area contributed by atoms with E-state index in [1.54, 1.807) is 0 Å². The lowest BCUT2D eigenvalue weighted by molar-refractivity contribution is -0.369. The van der Waals surface area contributed by atoms with Crippen molar-refractivity contribution in [2.24, 2.45) is 0 Å². The van der Waals surface area contributed by atoms with Crippen molar-refractivity contribution >= 4 is 34.6 Å². The molecule has 0 saturated carbocycles. The average Bonchev–Trinajstić information content (AvgIpc) is 2.54. The first-order valence-electron chi connectivity index (χ1n) is 7.40. The molecular weight excluding hydrogens is 421 g/mol. The summed E-state index contributed by atoms with van der Waals surface area (Å²) in [6.45, 7) is 0. The lowest BCUT2D eigenvalue weighted by Gasteiger charge is -2.54. The first-order chi connectivity index (χ1) is 12.4. The summed E-state index contributed by atoms with van der Waals surface area (Å²) in [5, 5.41) is 3.99. The van der Waals surface area contributed by atoms with Crippen LogP contribution in [0.25, 0.3) is 0 Å². The molecule has 144 valence electrons. The molecule has 0 fully saturated rings. The lowest BCUT2D eigenvalue weighted by atomic mass is 9.87. The van der Waals surface area contributed by atoms with Crippen molar-refractivity contribution in [1.29, 1.82) is 0 Å². The van der Waals surface area contributed by atoms with Crippen LogP contribution in [0.3, 0.4) is 0 Å². The Labute approximate surface area is 158 Å². The Bertz CT molecular complexity index is 872. The number of nitrogens with one attached hydrogen (secondary N) is 2. The maximum absolute atomic E-state index is 14.1. The van der Waals surface area contributed by atoms with Crippen molar-refractivity contribution in [3.8, 4) is 0 Å². The molecule has 2 N–H and O–H groups in total. The van der Waals surface area contributed by atoms with Crippen LogP contribution >= 0.6 is 23.2 Å². The van der Waals surface area contributed by atoms with E-state index in [0.29, 0.717) is 0 Å². The number of halogens is 8. The van der Waals surface area contributed by atoms with Gasteiger partial charge in [-0.1, -0.05) is 23.2 Å². The summed E-state index contributed by atoms with van der Waals surface area (Å²) in [4.78, 5) is 0. The highest BCUT2D eigenvalue weighted by Gasteiger charge is 2.74. The van der Waals surface area contributed by atoms with Crippen LogP contribution in [0.1, 0.15) is 11.1 Å². The molecule has 2 aromatic carbocycles. The molecule has 2 bridgehead atoms. The van der Waals surface area contributed by atoms with Gasteiger partial charge in [0.2, 0.25) is 0 Å². The molecule has 0 aromatic heterocycles. The van der Waals surface area contributed by atoms with Crippen molar-refractivity contribution < 1.29 is 31.1 Å². The van der Waals surface area contributed by atoms with Crippen LogP contribution < -0.4 is 10.6 Å². The summed E-state index contributed by atoms with van der Waals surface area (Å²) in [7, 11) is 0. The second-order valence-corrected chi connectivity index (χ2v) is 6.96. The predicted molar refractivity (Wildman–Crippen MR) is 86.7 cm³/mol. The molecule has 3 nitrogen and oxygen atoms in total. The molecule has 0 saturated heterocycles. The third-order valence-electron chi connectivity index (χ3n) is 4.45. The van der Waals surface area contributed by atoms with E-state index in [9.17, 15) is 26.3 Å². The molecule has 2 unspecified atom stereocenters. The van der Waals surface area contributed by atoms with Crippen LogP contribution in [-0.4, -0.2) is 12.4 Å². The normalized spacial score (nSPS) is 26.5. The standard InChI is InChI=1S/C16H8Cl2F6N2O/c17-7-1-3-11-9(5-7)13(15(19,20)21)26-12-4-2-8(18)6-10(12)14(25-11,27-13)16(22,23)24/h1-6,25-26H. The molecular formula is C16H8Cl2F6N2O. The zero-order valence-corrected chi connectivity index (χ0v) is 14.4. The first kappa shape index (κ1) is 18.5. The van der Waals surface area contributed by atoms with Crippen LogP contribution in [0.4, 0.5) is 37.7 Å². The fourth-order valence-electron chi connectivity index (χ4n) is 3.30. The number of anilines is 2. The zero-order valence-electron chi connectivity index (χ0n) is 12.9. The SMILES string of the molecule is FC(F)(F)C12Nc3ccc(Cl)cc3C(C(F)(F)F)(Nc3ccc(Cl)cc31)O2. The van der Waals surface area contributed by atoms with E-state index in [-0.39, 0.29) is 10.0 Å². The Hall–Kier alpha value is -1.84. The van der Waals surface area contributed by atoms with Gasteiger partial charge in [-0.2, -0.15) is 26.3 Å². The molecule has 0 aliphatic carbocycles. The number of ether oxygens (including phenoxy) is 1. The summed E-state index contributed by atoms with van der Waals surface area (Å²) in [6, 6.07) is 6.26. The molecule has 0 spiro atoms. The monoisotopic (exact) mass is 428 g/mol. The van der Waals surface area contributed by atoms with E-state index in [0.717, 1.165) is 24.3 Å². The molecule has 2 aliphatic heterocycles. The summed E-state index contributed by atoms with van der Waals surface area (Å²) in [5.41, 5.74) is -8.98. The van der Waals surface area contributed by atoms with Crippen molar-refractivity contribution in [2.75, 3.05) is 10.6 Å². The maximum atomic E-state index is 14.1. The smallest absolute Gasteiger partial charge is 0.346 e. The van der Waals surface area contributed by atoms with Gasteiger partial charge in [-0.15, -0.1) is 0 Å². The van der Waals surface area contributed by atoms with Crippen LogP contribution in [-0.2, 0) is 16.2 Å². The number of hydrogen-bond donors (Lipinski definition) is 2. The number of benzene rings is 2. The second-order valence-electron chi connectivity index (χ2n) is 6.09. The number of alkyl halides is 6. The first-order valence-corrected chi connectivity index (χ1v) is 8.15. The number of fused-ring (bicyclic) bond motifs is 6. The number of hydrogen-bond acceptors (Lipinski definition) is 3. The molecule has 27 heavy (non-hydrogen) atoms. The van der Waals surface area contributed by atoms with Crippen molar-refractivity contribution in [3.63, 3.8) is 0 Å². The van der Waals surface area contributed by atoms with Crippen LogP contribution in [0.15, 0.2) is 36.4 Å². The largest absolute Gasteiger partial charge is 0.441 e. The molecule has 2 aromatic rings. The molecule has 4 rings (SSSR count). The van der Waals surface area contributed by atoms with Gasteiger partial charge >= 0.3 is 12.4 Å². The van der Waals surface area contributed by atoms with Gasteiger partial charge in [0.1, 0.15) is 0 Å². The van der Waals surface area contributed by atoms with E-state index < -0.39 is 46.3 Å². The Morgan fingerprint density at radius 1 is 0.704 bits per heavy atom. The predicted octanol–water partition coefficient (Wildman–Crippen LogP) is 5.99. The highest BCUT2D eigenvalue weighted by molar-refractivity contribution is 6.31. The van der Waals surface area contributed by atoms with Gasteiger partial charge in [0, 0.05) is 32.5 Å². The van der Waals surface area contributed by atoms with Crippen molar-refractivity contribution in [3.05, 3.63) is 57.6 Å². The summed E-state index contributed by atoms with van der Waals surface area (Å²) in [5.74, 6) is 0. The topological polar surface area (TPSA) is 33.3 Å². The third-order valence-corrected chi connectivity index (χ3v) is 4.92. The van der Waals surface area contributed by atoms with Gasteiger partial charge in [0.05, 0.1) is 0 Å². The Morgan fingerprint density at radius 2 is 1.07 bits per heavy atom. The molecule has 0 amide bonds. The van der Waals surface area contributed by atoms with E-state index >= 15 is 0 Å². The Balaban J connectivity index is 2.11. The minimum Gasteiger partial charge on any atom is -0.346 e. The highest BCUT2D eigenvalue weighted by atomic mass is 35.5. The van der Waals surface area contributed by atoms with Gasteiger partial charge < -0.3 is 15.4 Å². The highest BCUT2D eigenvalue weighted by Crippen LogP contribution is 2.61. The van der Waals surface area contributed by atoms with Gasteiger partial charge in [-0.25, -0.2) is 0 Å². The maximum Gasteiger partial charge on any atom is 0.441 e. The molecule has 2 atom stereocenters. The van der Waals surface area contributed by atoms with Crippen LogP contribution in [0, 0.1) is 0 Å². The van der Waals surface area contributed by atoms with Crippen LogP contribution in [0.5, 0.6) is 0 Å². The lowest BCUT2D eigenvalue weighted by Crippen LogP contribution is -2.67. The quantitative estimate of drug-likeness (QED) is 0.505. The van der Waals surface area contributed by atoms with Gasteiger partial charge in [-0.05, 0) is 36.4 Å². The van der Waals surface area contributed by atoms with E-state index in [1.807, 2.05) is 0 Å². The minimum absolute atomic E-state index is 0.0917. The molecule has 2 aliphatic rings. The second kappa shape index (κ2) is 5.36. The summed E-state index contributed by atoms with van der Waals surface area (Å²) in [6.07, 6.45) is -10.5. The van der Waals surface area contributed by atoms with Gasteiger partial charge in [-0.3, -0.25) is 0 Å². The average molecular weight is 429 g/mol. The fraction of sp³-hybridized carbons (Fsp3) is 0.250. The minimum atomic E-state index is -5.25. The Morgan fingerprint density at radius 3 is 1.41 bits per heavy atom. The summed E-state index contributed by atoms with van der Waals surface area (Å²) < 4.78 is 89.4. The van der Waals surface area contributed by atoms with Gasteiger partial charge in [0.15, 0.2) is 0 Å². The zero-order chi connectivity index (χ0) is 19.8. The van der Waals surface area contributed by atoms with Crippen molar-refractivity contribution in [2.45, 2.75) is 23.8 Å². The third kappa shape index (κ3) is 2.41.